The van der Waals surface area contributed by atoms with E-state index in [2.05, 4.69) is 20.5 Å². The molecule has 1 fully saturated rings. The van der Waals surface area contributed by atoms with E-state index in [1.807, 2.05) is 6.92 Å². The van der Waals surface area contributed by atoms with Crippen molar-refractivity contribution < 1.29 is 9.53 Å². The van der Waals surface area contributed by atoms with Gasteiger partial charge in [0.2, 0.25) is 0 Å². The van der Waals surface area contributed by atoms with E-state index in [4.69, 9.17) is 4.74 Å². The summed E-state index contributed by atoms with van der Waals surface area (Å²) in [4.78, 5) is 13.3. The van der Waals surface area contributed by atoms with Gasteiger partial charge in [-0.2, -0.15) is 0 Å². The molecule has 0 aromatic heterocycles. The van der Waals surface area contributed by atoms with Crippen LogP contribution in [0.1, 0.15) is 19.8 Å². The van der Waals surface area contributed by atoms with Gasteiger partial charge in [0, 0.05) is 0 Å². The first-order valence-corrected chi connectivity index (χ1v) is 4.87. The number of carbonyl (C=O) groups is 1. The van der Waals surface area contributed by atoms with Crippen LogP contribution in [0.15, 0.2) is 0 Å². The summed E-state index contributed by atoms with van der Waals surface area (Å²) in [5, 5.41) is 0. The Morgan fingerprint density at radius 2 is 2.33 bits per heavy atom. The van der Waals surface area contributed by atoms with Crippen LogP contribution < -0.4 is 0 Å². The summed E-state index contributed by atoms with van der Waals surface area (Å²) in [6.45, 7) is 2.93. The Hall–Kier alpha value is -0.341. The number of hydrogen-bond acceptors (Lipinski definition) is 3. The van der Waals surface area contributed by atoms with Gasteiger partial charge in [0.05, 0.1) is 0 Å². The predicted octanol–water partition coefficient (Wildman–Crippen LogP) is -0.0579. The summed E-state index contributed by atoms with van der Waals surface area (Å²) in [5.41, 5.74) is 0. The van der Waals surface area contributed by atoms with E-state index >= 15 is 0 Å². The van der Waals surface area contributed by atoms with Crippen molar-refractivity contribution in [2.45, 2.75) is 25.8 Å². The molecule has 0 aromatic carbocycles. The number of hydrogen-bond donors (Lipinski definition) is 0. The SMILES string of the molecule is COC(=O)[C@@H]1CCCN1C(C)=[Se]. The number of likely N-dealkylation sites (tertiary alicyclic amines) is 1. The van der Waals surface area contributed by atoms with Gasteiger partial charge in [-0.25, -0.2) is 0 Å². The van der Waals surface area contributed by atoms with Gasteiger partial charge in [0.25, 0.3) is 0 Å². The molecule has 1 aliphatic rings. The van der Waals surface area contributed by atoms with Crippen LogP contribution in [0.2, 0.25) is 0 Å². The number of esters is 1. The molecular weight excluding hydrogens is 221 g/mol. The van der Waals surface area contributed by atoms with Gasteiger partial charge in [0.1, 0.15) is 0 Å². The van der Waals surface area contributed by atoms with E-state index < -0.39 is 0 Å². The van der Waals surface area contributed by atoms with E-state index in [0.717, 1.165) is 23.9 Å². The van der Waals surface area contributed by atoms with Crippen LogP contribution in [0.4, 0.5) is 0 Å². The van der Waals surface area contributed by atoms with Crippen molar-refractivity contribution in [1.82, 2.24) is 4.90 Å². The molecule has 0 amide bonds. The van der Waals surface area contributed by atoms with Crippen molar-refractivity contribution in [3.63, 3.8) is 0 Å². The molecule has 1 rings (SSSR count). The fourth-order valence-corrected chi connectivity index (χ4v) is 1.98. The number of methoxy groups -OCH3 is 1. The molecule has 1 aliphatic heterocycles. The van der Waals surface area contributed by atoms with Crippen molar-refractivity contribution in [3.05, 3.63) is 0 Å². The third-order valence-corrected chi connectivity index (χ3v) is 2.62. The third-order valence-electron chi connectivity index (χ3n) is 2.13. The van der Waals surface area contributed by atoms with Gasteiger partial charge in [-0.05, 0) is 0 Å². The van der Waals surface area contributed by atoms with Gasteiger partial charge >= 0.3 is 80.0 Å². The standard InChI is InChI=1S/C8H13NO2Se/c1-6(12)9-5-3-4-7(9)8(10)11-2/h7H,3-5H2,1-2H3/t7-/m0/s1. The van der Waals surface area contributed by atoms with E-state index in [-0.39, 0.29) is 12.0 Å². The molecule has 0 aliphatic carbocycles. The third kappa shape index (κ3) is 1.87. The predicted molar refractivity (Wildman–Crippen MR) is 48.2 cm³/mol. The second kappa shape index (κ2) is 4.06. The maximum atomic E-state index is 11.2. The summed E-state index contributed by atoms with van der Waals surface area (Å²) >= 11 is 2.93. The van der Waals surface area contributed by atoms with Crippen molar-refractivity contribution in [2.24, 2.45) is 0 Å². The Labute approximate surface area is 80.4 Å². The Balaban J connectivity index is 2.63. The molecule has 0 radical (unpaired) electrons. The van der Waals surface area contributed by atoms with Crippen molar-refractivity contribution in [3.8, 4) is 0 Å². The number of nitrogens with zero attached hydrogens (tertiary/aromatic N) is 1. The number of carbonyl (C=O) groups excluding carboxylic acids is 1. The topological polar surface area (TPSA) is 29.5 Å². The summed E-state index contributed by atoms with van der Waals surface area (Å²) in [6.07, 6.45) is 1.98. The zero-order chi connectivity index (χ0) is 9.14. The molecule has 1 saturated heterocycles. The normalized spacial score (nSPS) is 22.5. The molecule has 12 heavy (non-hydrogen) atoms. The van der Waals surface area contributed by atoms with Crippen molar-refractivity contribution in [1.29, 1.82) is 0 Å². The molecule has 0 unspecified atom stereocenters. The molecule has 1 heterocycles. The molecule has 4 heteroatoms. The molecule has 3 nitrogen and oxygen atoms in total. The Morgan fingerprint density at radius 3 is 2.83 bits per heavy atom. The van der Waals surface area contributed by atoms with Gasteiger partial charge in [-0.15, -0.1) is 0 Å². The summed E-state index contributed by atoms with van der Waals surface area (Å²) in [7, 11) is 1.44. The van der Waals surface area contributed by atoms with E-state index in [1.165, 1.54) is 7.11 Å². The molecule has 0 aromatic rings. The summed E-state index contributed by atoms with van der Waals surface area (Å²) < 4.78 is 5.78. The Kier molecular flexibility index (Phi) is 3.29. The number of rotatable bonds is 2. The zero-order valence-electron chi connectivity index (χ0n) is 7.37. The molecular formula is C8H13NO2Se. The van der Waals surface area contributed by atoms with Crippen LogP contribution >= 0.6 is 0 Å². The molecule has 0 N–H and O–H groups in total. The van der Waals surface area contributed by atoms with E-state index in [0.29, 0.717) is 0 Å². The average Bonchev–Trinajstić information content (AvgIpc) is 2.50. The second-order valence-electron chi connectivity index (χ2n) is 2.89. The molecule has 0 bridgehead atoms. The molecule has 1 atom stereocenters. The van der Waals surface area contributed by atoms with Crippen LogP contribution in [0.25, 0.3) is 0 Å². The van der Waals surface area contributed by atoms with Crippen molar-refractivity contribution in [2.75, 3.05) is 13.7 Å². The van der Waals surface area contributed by atoms with Gasteiger partial charge in [-0.3, -0.25) is 0 Å². The summed E-state index contributed by atoms with van der Waals surface area (Å²) in [5.74, 6) is -0.123. The monoisotopic (exact) mass is 235 g/mol. The number of ether oxygens (including phenoxy) is 1. The van der Waals surface area contributed by atoms with Crippen LogP contribution in [0, 0.1) is 0 Å². The first kappa shape index (κ1) is 9.75. The van der Waals surface area contributed by atoms with Gasteiger partial charge < -0.3 is 0 Å². The van der Waals surface area contributed by atoms with Crippen LogP contribution in [-0.2, 0) is 9.53 Å². The van der Waals surface area contributed by atoms with Crippen LogP contribution in [-0.4, -0.2) is 50.7 Å². The van der Waals surface area contributed by atoms with E-state index in [9.17, 15) is 4.79 Å². The minimum atomic E-state index is -0.123. The Bertz CT molecular complexity index is 205. The quantitative estimate of drug-likeness (QED) is 0.495. The van der Waals surface area contributed by atoms with Gasteiger partial charge in [-0.1, -0.05) is 0 Å². The fourth-order valence-electron chi connectivity index (χ4n) is 1.52. The second-order valence-corrected chi connectivity index (χ2v) is 4.13. The van der Waals surface area contributed by atoms with Crippen LogP contribution in [0.3, 0.4) is 0 Å². The van der Waals surface area contributed by atoms with Crippen molar-refractivity contribution >= 4 is 26.1 Å². The Morgan fingerprint density at radius 1 is 1.67 bits per heavy atom. The molecule has 0 saturated carbocycles. The van der Waals surface area contributed by atoms with E-state index in [1.54, 1.807) is 0 Å². The fraction of sp³-hybridized carbons (Fsp3) is 0.750. The van der Waals surface area contributed by atoms with Crippen LogP contribution in [0.5, 0.6) is 0 Å². The molecule has 0 spiro atoms. The minimum absolute atomic E-state index is 0.0590. The first-order chi connectivity index (χ1) is 5.66. The zero-order valence-corrected chi connectivity index (χ0v) is 9.08. The van der Waals surface area contributed by atoms with Gasteiger partial charge in [0.15, 0.2) is 0 Å². The summed E-state index contributed by atoms with van der Waals surface area (Å²) in [6, 6.07) is -0.0590. The molecule has 68 valence electrons. The maximum absolute atomic E-state index is 11.2. The first-order valence-electron chi connectivity index (χ1n) is 4.02. The average molecular weight is 234 g/mol.